The number of halogens is 1. The standard InChI is InChI=1S/C18H20ClNO4S/c1-11-4-2-3-5-14(11)15-10-16(21)18(22)17(15)20-25(23,24)13-8-6-12(19)7-9-13/h2-9,15-18,20-22H,10H2,1H3. The highest BCUT2D eigenvalue weighted by Crippen LogP contribution is 2.37. The molecule has 0 radical (unpaired) electrons. The van der Waals surface area contributed by atoms with Crippen LogP contribution in [0.15, 0.2) is 53.4 Å². The van der Waals surface area contributed by atoms with Gasteiger partial charge in [0.25, 0.3) is 0 Å². The predicted octanol–water partition coefficient (Wildman–Crippen LogP) is 2.20. The molecule has 1 aliphatic carbocycles. The van der Waals surface area contributed by atoms with Crippen LogP contribution in [-0.4, -0.2) is 36.9 Å². The van der Waals surface area contributed by atoms with Crippen molar-refractivity contribution in [2.45, 2.75) is 42.4 Å². The first-order chi connectivity index (χ1) is 11.8. The molecule has 0 spiro atoms. The molecule has 3 rings (SSSR count). The van der Waals surface area contributed by atoms with E-state index >= 15 is 0 Å². The van der Waals surface area contributed by atoms with Crippen LogP contribution in [0.2, 0.25) is 5.02 Å². The highest BCUT2D eigenvalue weighted by Gasteiger charge is 2.44. The predicted molar refractivity (Wildman–Crippen MR) is 96.1 cm³/mol. The minimum absolute atomic E-state index is 0.0639. The summed E-state index contributed by atoms with van der Waals surface area (Å²) in [5, 5.41) is 20.9. The molecule has 25 heavy (non-hydrogen) atoms. The van der Waals surface area contributed by atoms with Gasteiger partial charge in [0.15, 0.2) is 0 Å². The third-order valence-corrected chi connectivity index (χ3v) is 6.42. The van der Waals surface area contributed by atoms with E-state index < -0.39 is 28.3 Å². The molecule has 1 aliphatic rings. The molecule has 134 valence electrons. The van der Waals surface area contributed by atoms with Crippen molar-refractivity contribution < 1.29 is 18.6 Å². The lowest BCUT2D eigenvalue weighted by atomic mass is 9.91. The number of rotatable bonds is 4. The molecule has 5 nitrogen and oxygen atoms in total. The Labute approximate surface area is 152 Å². The van der Waals surface area contributed by atoms with Gasteiger partial charge in [0.1, 0.15) is 0 Å². The zero-order valence-electron chi connectivity index (χ0n) is 13.6. The van der Waals surface area contributed by atoms with Gasteiger partial charge >= 0.3 is 0 Å². The monoisotopic (exact) mass is 381 g/mol. The molecule has 0 saturated heterocycles. The largest absolute Gasteiger partial charge is 0.390 e. The lowest BCUT2D eigenvalue weighted by molar-refractivity contribution is 0.0338. The van der Waals surface area contributed by atoms with Crippen molar-refractivity contribution in [1.29, 1.82) is 0 Å². The number of hydrogen-bond acceptors (Lipinski definition) is 4. The third kappa shape index (κ3) is 3.73. The Morgan fingerprint density at radius 1 is 1.08 bits per heavy atom. The fourth-order valence-corrected chi connectivity index (χ4v) is 4.78. The van der Waals surface area contributed by atoms with Crippen LogP contribution in [0, 0.1) is 6.92 Å². The average molecular weight is 382 g/mol. The van der Waals surface area contributed by atoms with E-state index in [4.69, 9.17) is 11.6 Å². The average Bonchev–Trinajstić information content (AvgIpc) is 2.83. The summed E-state index contributed by atoms with van der Waals surface area (Å²) in [6.07, 6.45) is -1.87. The molecular weight excluding hydrogens is 362 g/mol. The van der Waals surface area contributed by atoms with Gasteiger partial charge in [-0.05, 0) is 48.7 Å². The van der Waals surface area contributed by atoms with E-state index in [-0.39, 0.29) is 10.8 Å². The van der Waals surface area contributed by atoms with Crippen LogP contribution < -0.4 is 4.72 Å². The van der Waals surface area contributed by atoms with E-state index in [2.05, 4.69) is 4.72 Å². The van der Waals surface area contributed by atoms with Crippen molar-refractivity contribution in [3.05, 3.63) is 64.7 Å². The molecule has 0 amide bonds. The van der Waals surface area contributed by atoms with Crippen molar-refractivity contribution in [2.24, 2.45) is 0 Å². The summed E-state index contributed by atoms with van der Waals surface area (Å²) >= 11 is 5.81. The maximum atomic E-state index is 12.7. The maximum absolute atomic E-state index is 12.7. The van der Waals surface area contributed by atoms with Crippen LogP contribution in [0.3, 0.4) is 0 Å². The zero-order chi connectivity index (χ0) is 18.2. The van der Waals surface area contributed by atoms with Gasteiger partial charge in [0, 0.05) is 10.9 Å². The molecule has 0 aromatic heterocycles. The number of aliphatic hydroxyl groups is 2. The summed E-state index contributed by atoms with van der Waals surface area (Å²) in [5.74, 6) is -0.312. The van der Waals surface area contributed by atoms with Crippen molar-refractivity contribution in [1.82, 2.24) is 4.72 Å². The molecule has 4 atom stereocenters. The smallest absolute Gasteiger partial charge is 0.240 e. The zero-order valence-corrected chi connectivity index (χ0v) is 15.2. The topological polar surface area (TPSA) is 86.6 Å². The lowest BCUT2D eigenvalue weighted by Gasteiger charge is -2.24. The minimum Gasteiger partial charge on any atom is -0.390 e. The Kier molecular flexibility index (Phi) is 5.18. The number of aryl methyl sites for hydroxylation is 1. The van der Waals surface area contributed by atoms with E-state index in [0.717, 1.165) is 11.1 Å². The molecular formula is C18H20ClNO4S. The second-order valence-electron chi connectivity index (χ2n) is 6.36. The Bertz CT molecular complexity index is 854. The third-order valence-electron chi connectivity index (χ3n) is 4.69. The highest BCUT2D eigenvalue weighted by atomic mass is 35.5. The van der Waals surface area contributed by atoms with Gasteiger partial charge in [-0.3, -0.25) is 0 Å². The van der Waals surface area contributed by atoms with Crippen LogP contribution in [0.25, 0.3) is 0 Å². The van der Waals surface area contributed by atoms with Crippen LogP contribution in [0.4, 0.5) is 0 Å². The minimum atomic E-state index is -3.85. The van der Waals surface area contributed by atoms with E-state index in [0.29, 0.717) is 11.4 Å². The van der Waals surface area contributed by atoms with Gasteiger partial charge in [-0.1, -0.05) is 35.9 Å². The Hall–Kier alpha value is -1.44. The number of sulfonamides is 1. The summed E-state index contributed by atoms with van der Waals surface area (Å²) < 4.78 is 27.9. The van der Waals surface area contributed by atoms with Gasteiger partial charge in [-0.2, -0.15) is 0 Å². The molecule has 0 heterocycles. The summed E-state index contributed by atoms with van der Waals surface area (Å²) in [5.41, 5.74) is 1.91. The molecule has 7 heteroatoms. The molecule has 0 aliphatic heterocycles. The van der Waals surface area contributed by atoms with Gasteiger partial charge in [-0.15, -0.1) is 0 Å². The molecule has 2 aromatic rings. The number of hydrogen-bond donors (Lipinski definition) is 3. The first-order valence-electron chi connectivity index (χ1n) is 7.99. The second kappa shape index (κ2) is 7.05. The summed E-state index contributed by atoms with van der Waals surface area (Å²) in [6, 6.07) is 12.6. The van der Waals surface area contributed by atoms with Gasteiger partial charge in [0.05, 0.1) is 23.1 Å². The van der Waals surface area contributed by atoms with Crippen molar-refractivity contribution in [2.75, 3.05) is 0 Å². The van der Waals surface area contributed by atoms with E-state index in [1.165, 1.54) is 24.3 Å². The Balaban J connectivity index is 1.93. The number of nitrogens with one attached hydrogen (secondary N) is 1. The van der Waals surface area contributed by atoms with Gasteiger partial charge < -0.3 is 10.2 Å². The molecule has 2 aromatic carbocycles. The summed E-state index contributed by atoms with van der Waals surface area (Å²) in [4.78, 5) is 0.0639. The summed E-state index contributed by atoms with van der Waals surface area (Å²) in [6.45, 7) is 1.93. The second-order valence-corrected chi connectivity index (χ2v) is 8.51. The van der Waals surface area contributed by atoms with Crippen LogP contribution >= 0.6 is 11.6 Å². The molecule has 0 bridgehead atoms. The quantitative estimate of drug-likeness (QED) is 0.757. The van der Waals surface area contributed by atoms with E-state index in [1.54, 1.807) is 0 Å². The van der Waals surface area contributed by atoms with Crippen LogP contribution in [0.5, 0.6) is 0 Å². The number of benzene rings is 2. The molecule has 4 unspecified atom stereocenters. The fraction of sp³-hybridized carbons (Fsp3) is 0.333. The molecule has 3 N–H and O–H groups in total. The number of aliphatic hydroxyl groups excluding tert-OH is 2. The normalized spacial score (nSPS) is 26.7. The summed E-state index contributed by atoms with van der Waals surface area (Å²) in [7, 11) is -3.85. The maximum Gasteiger partial charge on any atom is 0.240 e. The van der Waals surface area contributed by atoms with Crippen molar-refractivity contribution >= 4 is 21.6 Å². The van der Waals surface area contributed by atoms with Crippen LogP contribution in [0.1, 0.15) is 23.5 Å². The van der Waals surface area contributed by atoms with E-state index in [1.807, 2.05) is 31.2 Å². The van der Waals surface area contributed by atoms with Crippen LogP contribution in [-0.2, 0) is 10.0 Å². The van der Waals surface area contributed by atoms with Crippen molar-refractivity contribution in [3.8, 4) is 0 Å². The van der Waals surface area contributed by atoms with Crippen molar-refractivity contribution in [3.63, 3.8) is 0 Å². The SMILES string of the molecule is Cc1ccccc1C1CC(O)C(O)C1NS(=O)(=O)c1ccc(Cl)cc1. The first kappa shape index (κ1) is 18.4. The Morgan fingerprint density at radius 3 is 2.36 bits per heavy atom. The highest BCUT2D eigenvalue weighted by molar-refractivity contribution is 7.89. The first-order valence-corrected chi connectivity index (χ1v) is 9.85. The fourth-order valence-electron chi connectivity index (χ4n) is 3.36. The molecule has 1 fully saturated rings. The van der Waals surface area contributed by atoms with E-state index in [9.17, 15) is 18.6 Å². The Morgan fingerprint density at radius 2 is 1.72 bits per heavy atom. The van der Waals surface area contributed by atoms with Gasteiger partial charge in [0.2, 0.25) is 10.0 Å². The lowest BCUT2D eigenvalue weighted by Crippen LogP contribution is -2.45. The molecule has 1 saturated carbocycles. The van der Waals surface area contributed by atoms with Gasteiger partial charge in [-0.25, -0.2) is 13.1 Å².